The van der Waals surface area contributed by atoms with E-state index in [1.807, 2.05) is 0 Å². The Morgan fingerprint density at radius 3 is 2.36 bits per heavy atom. The molecule has 1 fully saturated rings. The van der Waals surface area contributed by atoms with E-state index in [4.69, 9.17) is 16.3 Å². The number of fused-ring (bicyclic) bond motifs is 1. The Morgan fingerprint density at radius 1 is 1.08 bits per heavy atom. The lowest BCUT2D eigenvalue weighted by atomic mass is 10.1. The van der Waals surface area contributed by atoms with Gasteiger partial charge >= 0.3 is 0 Å². The van der Waals surface area contributed by atoms with Crippen molar-refractivity contribution in [3.05, 3.63) is 29.7 Å². The minimum Gasteiger partial charge on any atom is -0.394 e. The summed E-state index contributed by atoms with van der Waals surface area (Å²) in [4.78, 5) is 20.9. The number of amides is 1. The molecule has 0 saturated carbocycles. The van der Waals surface area contributed by atoms with Crippen LogP contribution in [0.2, 0.25) is 5.28 Å². The Balaban J connectivity index is 1.35. The highest BCUT2D eigenvalue weighted by Crippen LogP contribution is 2.35. The van der Waals surface area contributed by atoms with Crippen molar-refractivity contribution < 1.29 is 24.1 Å². The number of ether oxygens (including phenoxy) is 1. The van der Waals surface area contributed by atoms with E-state index in [1.165, 1.54) is 55.9 Å². The summed E-state index contributed by atoms with van der Waals surface area (Å²) in [7, 11) is 0. The number of nitrogens with one attached hydrogen (secondary N) is 1. The fourth-order valence-electron chi connectivity index (χ4n) is 4.94. The molecule has 218 valence electrons. The summed E-state index contributed by atoms with van der Waals surface area (Å²) in [5, 5.41) is 22.5. The molecule has 2 aromatic rings. The first-order valence-corrected chi connectivity index (χ1v) is 14.9. The van der Waals surface area contributed by atoms with Crippen LogP contribution >= 0.6 is 11.6 Å². The average molecular weight is 567 g/mol. The van der Waals surface area contributed by atoms with Crippen molar-refractivity contribution in [2.75, 3.05) is 11.9 Å². The number of aliphatic hydroxyl groups is 2. The number of allylic oxidation sites excluding steroid dienone is 2. The molecule has 1 aliphatic rings. The number of unbranched alkanes of at least 4 members (excludes halogenated alkanes) is 11. The number of halogens is 2. The third-order valence-electron chi connectivity index (χ3n) is 7.22. The fourth-order valence-corrected chi connectivity index (χ4v) is 5.10. The molecule has 8 nitrogen and oxygen atoms in total. The number of anilines is 1. The molecular weight excluding hydrogens is 523 g/mol. The Kier molecular flexibility index (Phi) is 13.6. The Hall–Kier alpha value is -2.07. The molecular formula is C29H44ClFN4O4. The van der Waals surface area contributed by atoms with Gasteiger partial charge in [-0.25, -0.2) is 4.39 Å². The quantitative estimate of drug-likeness (QED) is 0.106. The van der Waals surface area contributed by atoms with Gasteiger partial charge < -0.3 is 24.8 Å². The summed E-state index contributed by atoms with van der Waals surface area (Å²) >= 11 is 6.09. The van der Waals surface area contributed by atoms with Crippen LogP contribution in [0.3, 0.4) is 0 Å². The van der Waals surface area contributed by atoms with Gasteiger partial charge in [0.05, 0.1) is 12.0 Å². The average Bonchev–Trinajstić information content (AvgIpc) is 3.46. The number of carbonyl (C=O) groups excluding carboxylic acids is 1. The molecule has 3 rings (SSSR count). The van der Waals surface area contributed by atoms with Gasteiger partial charge in [0.1, 0.15) is 23.7 Å². The minimum absolute atomic E-state index is 0.105. The van der Waals surface area contributed by atoms with Gasteiger partial charge in [0, 0.05) is 12.6 Å². The molecule has 3 N–H and O–H groups in total. The summed E-state index contributed by atoms with van der Waals surface area (Å²) < 4.78 is 21.5. The lowest BCUT2D eigenvalue weighted by molar-refractivity contribution is -0.116. The Morgan fingerprint density at radius 2 is 1.72 bits per heavy atom. The molecule has 39 heavy (non-hydrogen) atoms. The van der Waals surface area contributed by atoms with E-state index in [-0.39, 0.29) is 22.7 Å². The second kappa shape index (κ2) is 16.9. The van der Waals surface area contributed by atoms with Crippen molar-refractivity contribution >= 4 is 34.4 Å². The second-order valence-corrected chi connectivity index (χ2v) is 10.7. The van der Waals surface area contributed by atoms with E-state index < -0.39 is 31.2 Å². The van der Waals surface area contributed by atoms with Crippen molar-refractivity contribution in [3.63, 3.8) is 0 Å². The molecule has 0 aromatic carbocycles. The maximum Gasteiger partial charge on any atom is 0.226 e. The van der Waals surface area contributed by atoms with Crippen LogP contribution in [0.5, 0.6) is 0 Å². The number of carbonyl (C=O) groups is 1. The van der Waals surface area contributed by atoms with E-state index in [2.05, 4.69) is 34.4 Å². The van der Waals surface area contributed by atoms with Gasteiger partial charge in [-0.05, 0) is 49.8 Å². The van der Waals surface area contributed by atoms with Gasteiger partial charge in [-0.3, -0.25) is 4.79 Å². The molecule has 4 atom stereocenters. The molecule has 10 heteroatoms. The molecule has 2 aromatic heterocycles. The Labute approximate surface area is 236 Å². The topological polar surface area (TPSA) is 110 Å². The molecule has 1 aliphatic heterocycles. The van der Waals surface area contributed by atoms with E-state index in [9.17, 15) is 19.4 Å². The Bertz CT molecular complexity index is 1050. The van der Waals surface area contributed by atoms with Crippen LogP contribution in [0.15, 0.2) is 24.4 Å². The van der Waals surface area contributed by atoms with Crippen molar-refractivity contribution in [1.29, 1.82) is 0 Å². The first-order chi connectivity index (χ1) is 19.0. The molecule has 0 aliphatic carbocycles. The maximum absolute atomic E-state index is 14.6. The standard InChI is InChI=1S/C29H44ClFN4O4/c1-2-3-4-5-6-7-8-9-10-11-12-13-14-15-16-17-23(37)32-26-21-18-19-35(27(21)34-29(30)33-26)28-24(31)25(38)22(20-36)39-28/h9-10,18-19,22,24-25,28,36,38H,2-8,11-17,20H2,1H3,(H,32,33,34,37)/b10-9-/t22-,24+,25-,28-/m1/s1. The zero-order chi connectivity index (χ0) is 28.0. The summed E-state index contributed by atoms with van der Waals surface area (Å²) in [5.41, 5.74) is 0.268. The number of alkyl halides is 1. The molecule has 0 bridgehead atoms. The highest BCUT2D eigenvalue weighted by Gasteiger charge is 2.45. The van der Waals surface area contributed by atoms with E-state index in [0.717, 1.165) is 32.1 Å². The lowest BCUT2D eigenvalue weighted by Crippen LogP contribution is -2.30. The van der Waals surface area contributed by atoms with Crippen molar-refractivity contribution in [2.45, 2.75) is 121 Å². The SMILES string of the molecule is CCCCCCCC/C=C\CCCCCCCC(=O)Nc1nc(Cl)nc2c1ccn2[C@@H]1O[C@H](CO)[C@@H](O)[C@@H]1F. The lowest BCUT2D eigenvalue weighted by Gasteiger charge is -2.16. The van der Waals surface area contributed by atoms with Gasteiger partial charge in [0.25, 0.3) is 0 Å². The second-order valence-electron chi connectivity index (χ2n) is 10.4. The number of nitrogens with zero attached hydrogens (tertiary/aromatic N) is 3. The number of hydrogen-bond donors (Lipinski definition) is 3. The number of rotatable bonds is 18. The largest absolute Gasteiger partial charge is 0.394 e. The first kappa shape index (κ1) is 31.5. The van der Waals surface area contributed by atoms with E-state index in [1.54, 1.807) is 12.3 Å². The van der Waals surface area contributed by atoms with Gasteiger partial charge in [-0.2, -0.15) is 9.97 Å². The summed E-state index contributed by atoms with van der Waals surface area (Å²) in [6, 6.07) is 1.64. The molecule has 1 saturated heterocycles. The number of aliphatic hydroxyl groups excluding tert-OH is 2. The van der Waals surface area contributed by atoms with Crippen molar-refractivity contribution in [1.82, 2.24) is 14.5 Å². The first-order valence-electron chi connectivity index (χ1n) is 14.5. The van der Waals surface area contributed by atoms with E-state index >= 15 is 0 Å². The predicted octanol–water partition coefficient (Wildman–Crippen LogP) is 6.65. The van der Waals surface area contributed by atoms with Crippen LogP contribution in [0.1, 0.15) is 103 Å². The molecule has 0 unspecified atom stereocenters. The molecule has 0 radical (unpaired) electrons. The minimum atomic E-state index is -1.76. The third kappa shape index (κ3) is 9.52. The zero-order valence-electron chi connectivity index (χ0n) is 23.0. The fraction of sp³-hybridized carbons (Fsp3) is 0.690. The van der Waals surface area contributed by atoms with Crippen LogP contribution in [0.4, 0.5) is 10.2 Å². The highest BCUT2D eigenvalue weighted by molar-refractivity contribution is 6.28. The van der Waals surface area contributed by atoms with Gasteiger partial charge in [0.2, 0.25) is 11.2 Å². The van der Waals surface area contributed by atoms with Crippen molar-refractivity contribution in [3.8, 4) is 0 Å². The van der Waals surface area contributed by atoms with Crippen LogP contribution in [-0.4, -0.2) is 55.6 Å². The van der Waals surface area contributed by atoms with Crippen LogP contribution in [-0.2, 0) is 9.53 Å². The summed E-state index contributed by atoms with van der Waals surface area (Å²) in [6.07, 6.45) is 16.6. The van der Waals surface area contributed by atoms with Gasteiger partial charge in [-0.1, -0.05) is 70.4 Å². The summed E-state index contributed by atoms with van der Waals surface area (Å²) in [5.74, 6) is 0.0712. The summed E-state index contributed by atoms with van der Waals surface area (Å²) in [6.45, 7) is 1.74. The maximum atomic E-state index is 14.6. The van der Waals surface area contributed by atoms with Crippen LogP contribution < -0.4 is 5.32 Å². The third-order valence-corrected chi connectivity index (χ3v) is 7.39. The number of aromatic nitrogens is 3. The number of hydrogen-bond acceptors (Lipinski definition) is 6. The molecule has 0 spiro atoms. The van der Waals surface area contributed by atoms with Crippen LogP contribution in [0.25, 0.3) is 11.0 Å². The van der Waals surface area contributed by atoms with Gasteiger partial charge in [0.15, 0.2) is 12.4 Å². The highest BCUT2D eigenvalue weighted by atomic mass is 35.5. The molecule has 1 amide bonds. The monoisotopic (exact) mass is 566 g/mol. The predicted molar refractivity (Wildman–Crippen MR) is 153 cm³/mol. The van der Waals surface area contributed by atoms with Crippen LogP contribution in [0, 0.1) is 0 Å². The normalized spacial score (nSPS) is 21.4. The van der Waals surface area contributed by atoms with E-state index in [0.29, 0.717) is 11.8 Å². The van der Waals surface area contributed by atoms with Crippen molar-refractivity contribution in [2.24, 2.45) is 0 Å². The van der Waals surface area contributed by atoms with Gasteiger partial charge in [-0.15, -0.1) is 0 Å². The smallest absolute Gasteiger partial charge is 0.226 e. The molecule has 3 heterocycles. The zero-order valence-corrected chi connectivity index (χ0v) is 23.8.